The van der Waals surface area contributed by atoms with Crippen LogP contribution < -0.4 is 10.1 Å². The second kappa shape index (κ2) is 4.98. The molecule has 112 valence electrons. The van der Waals surface area contributed by atoms with Gasteiger partial charge >= 0.3 is 0 Å². The van der Waals surface area contributed by atoms with E-state index in [0.717, 1.165) is 16.7 Å². The lowest BCUT2D eigenvalue weighted by Gasteiger charge is -2.06. The van der Waals surface area contributed by atoms with Gasteiger partial charge in [0.15, 0.2) is 0 Å². The van der Waals surface area contributed by atoms with Crippen LogP contribution in [0.25, 0.3) is 11.0 Å². The third-order valence-corrected chi connectivity index (χ3v) is 3.95. The first-order chi connectivity index (χ1) is 10.7. The maximum absolute atomic E-state index is 5.11. The maximum Gasteiger partial charge on any atom is 0.230 e. The van der Waals surface area contributed by atoms with Crippen LogP contribution in [0.4, 0.5) is 11.6 Å². The van der Waals surface area contributed by atoms with Gasteiger partial charge in [-0.15, -0.1) is 0 Å². The van der Waals surface area contributed by atoms with E-state index in [1.54, 1.807) is 19.4 Å². The molecule has 6 nitrogen and oxygen atoms in total. The highest BCUT2D eigenvalue weighted by atomic mass is 16.5. The zero-order valence-corrected chi connectivity index (χ0v) is 12.6. The third-order valence-electron chi connectivity index (χ3n) is 3.95. The van der Waals surface area contributed by atoms with Gasteiger partial charge in [-0.05, 0) is 31.0 Å². The molecule has 0 radical (unpaired) electrons. The van der Waals surface area contributed by atoms with E-state index in [4.69, 9.17) is 9.72 Å². The Bertz CT molecular complexity index is 838. The quantitative estimate of drug-likeness (QED) is 0.801. The van der Waals surface area contributed by atoms with Crippen LogP contribution in [0, 0.1) is 0 Å². The van der Waals surface area contributed by atoms with Crippen molar-refractivity contribution in [1.82, 2.24) is 19.5 Å². The van der Waals surface area contributed by atoms with Crippen LogP contribution in [0.1, 0.15) is 24.6 Å². The van der Waals surface area contributed by atoms with Crippen molar-refractivity contribution in [2.75, 3.05) is 12.4 Å². The number of benzene rings is 1. The van der Waals surface area contributed by atoms with E-state index >= 15 is 0 Å². The summed E-state index contributed by atoms with van der Waals surface area (Å²) in [6.07, 6.45) is 4.17. The van der Waals surface area contributed by atoms with Crippen molar-refractivity contribution in [2.24, 2.45) is 7.05 Å². The van der Waals surface area contributed by atoms with Crippen molar-refractivity contribution in [3.63, 3.8) is 0 Å². The number of ether oxygens (including phenoxy) is 1. The molecule has 2 aromatic heterocycles. The third kappa shape index (κ3) is 2.26. The summed E-state index contributed by atoms with van der Waals surface area (Å²) in [7, 11) is 3.67. The van der Waals surface area contributed by atoms with E-state index in [1.807, 2.05) is 12.1 Å². The lowest BCUT2D eigenvalue weighted by molar-refractivity contribution is 0.397. The first-order valence-corrected chi connectivity index (χ1v) is 7.35. The van der Waals surface area contributed by atoms with Gasteiger partial charge in [0.25, 0.3) is 0 Å². The van der Waals surface area contributed by atoms with Crippen molar-refractivity contribution >= 4 is 22.7 Å². The number of hydrogen-bond donors (Lipinski definition) is 1. The number of nitrogens with zero attached hydrogens (tertiary/aromatic N) is 4. The molecule has 0 aliphatic heterocycles. The van der Waals surface area contributed by atoms with E-state index in [-0.39, 0.29) is 0 Å². The van der Waals surface area contributed by atoms with Crippen molar-refractivity contribution in [3.8, 4) is 5.88 Å². The Balaban J connectivity index is 1.67. The van der Waals surface area contributed by atoms with Gasteiger partial charge in [0.2, 0.25) is 11.8 Å². The number of aryl methyl sites for hydroxylation is 1. The average Bonchev–Trinajstić information content (AvgIpc) is 3.32. The fourth-order valence-electron chi connectivity index (χ4n) is 2.65. The Morgan fingerprint density at radius 3 is 2.86 bits per heavy atom. The molecule has 0 amide bonds. The molecule has 0 unspecified atom stereocenters. The SMILES string of the molecule is COc1ccnc(Nc2ccc3c(c2)nc(C2CC2)n3C)n1. The smallest absolute Gasteiger partial charge is 0.230 e. The number of rotatable bonds is 4. The Kier molecular flexibility index (Phi) is 2.96. The van der Waals surface area contributed by atoms with E-state index in [9.17, 15) is 0 Å². The summed E-state index contributed by atoms with van der Waals surface area (Å²) < 4.78 is 7.30. The predicted octanol–water partition coefficient (Wildman–Crippen LogP) is 2.99. The van der Waals surface area contributed by atoms with E-state index < -0.39 is 0 Å². The first-order valence-electron chi connectivity index (χ1n) is 7.35. The zero-order valence-electron chi connectivity index (χ0n) is 12.6. The molecule has 6 heteroatoms. The van der Waals surface area contributed by atoms with Crippen molar-refractivity contribution < 1.29 is 4.74 Å². The molecule has 1 aliphatic carbocycles. The summed E-state index contributed by atoms with van der Waals surface area (Å²) >= 11 is 0. The van der Waals surface area contributed by atoms with Crippen LogP contribution in [0.5, 0.6) is 5.88 Å². The molecule has 22 heavy (non-hydrogen) atoms. The second-order valence-corrected chi connectivity index (χ2v) is 5.55. The van der Waals surface area contributed by atoms with Crippen LogP contribution >= 0.6 is 0 Å². The number of nitrogens with one attached hydrogen (secondary N) is 1. The lowest BCUT2D eigenvalue weighted by Crippen LogP contribution is -1.98. The predicted molar refractivity (Wildman–Crippen MR) is 84.6 cm³/mol. The molecule has 0 atom stereocenters. The minimum atomic E-state index is 0.511. The lowest BCUT2D eigenvalue weighted by atomic mass is 10.3. The van der Waals surface area contributed by atoms with Crippen LogP contribution in [0.15, 0.2) is 30.5 Å². The normalized spacial score (nSPS) is 14.3. The Labute approximate surface area is 128 Å². The van der Waals surface area contributed by atoms with Gasteiger partial charge < -0.3 is 14.6 Å². The van der Waals surface area contributed by atoms with Crippen molar-refractivity contribution in [3.05, 3.63) is 36.3 Å². The highest BCUT2D eigenvalue weighted by molar-refractivity contribution is 5.81. The molecule has 1 aromatic carbocycles. The Morgan fingerprint density at radius 1 is 1.23 bits per heavy atom. The number of hydrogen-bond acceptors (Lipinski definition) is 5. The minimum absolute atomic E-state index is 0.511. The molecule has 0 bridgehead atoms. The Hall–Kier alpha value is -2.63. The molecule has 0 spiro atoms. The van der Waals surface area contributed by atoms with Crippen LogP contribution in [-0.4, -0.2) is 26.6 Å². The van der Waals surface area contributed by atoms with E-state index in [0.29, 0.717) is 17.7 Å². The highest BCUT2D eigenvalue weighted by Gasteiger charge is 2.28. The minimum Gasteiger partial charge on any atom is -0.481 e. The van der Waals surface area contributed by atoms with Gasteiger partial charge in [-0.25, -0.2) is 9.97 Å². The van der Waals surface area contributed by atoms with Gasteiger partial charge in [-0.2, -0.15) is 4.98 Å². The summed E-state index contributed by atoms with van der Waals surface area (Å²) in [4.78, 5) is 13.2. The van der Waals surface area contributed by atoms with Crippen LogP contribution in [0.2, 0.25) is 0 Å². The molecule has 4 rings (SSSR count). The zero-order chi connectivity index (χ0) is 15.1. The molecule has 1 fully saturated rings. The number of methoxy groups -OCH3 is 1. The molecule has 1 aliphatic rings. The van der Waals surface area contributed by atoms with Crippen LogP contribution in [-0.2, 0) is 7.05 Å². The van der Waals surface area contributed by atoms with Gasteiger partial charge in [0.1, 0.15) is 5.82 Å². The molecule has 3 aromatic rings. The van der Waals surface area contributed by atoms with E-state index in [2.05, 4.69) is 33.0 Å². The molecule has 1 saturated carbocycles. The van der Waals surface area contributed by atoms with Gasteiger partial charge in [0.05, 0.1) is 18.1 Å². The summed E-state index contributed by atoms with van der Waals surface area (Å²) in [6, 6.07) is 7.85. The van der Waals surface area contributed by atoms with Gasteiger partial charge in [0, 0.05) is 30.9 Å². The van der Waals surface area contributed by atoms with Crippen molar-refractivity contribution in [1.29, 1.82) is 0 Å². The number of imidazole rings is 1. The van der Waals surface area contributed by atoms with E-state index in [1.165, 1.54) is 18.7 Å². The second-order valence-electron chi connectivity index (χ2n) is 5.55. The standard InChI is InChI=1S/C16H17N5O/c1-21-13-6-5-11(9-12(13)19-15(21)10-3-4-10)18-16-17-8-7-14(20-16)22-2/h5-10H,3-4H2,1-2H3,(H,17,18,20). The highest BCUT2D eigenvalue weighted by Crippen LogP contribution is 2.40. The monoisotopic (exact) mass is 295 g/mol. The summed E-state index contributed by atoms with van der Waals surface area (Å²) in [6.45, 7) is 0. The molecule has 1 N–H and O–H groups in total. The maximum atomic E-state index is 5.11. The van der Waals surface area contributed by atoms with Crippen molar-refractivity contribution in [2.45, 2.75) is 18.8 Å². The number of anilines is 2. The first kappa shape index (κ1) is 13.1. The van der Waals surface area contributed by atoms with Gasteiger partial charge in [-0.3, -0.25) is 0 Å². The number of fused-ring (bicyclic) bond motifs is 1. The van der Waals surface area contributed by atoms with Crippen LogP contribution in [0.3, 0.4) is 0 Å². The average molecular weight is 295 g/mol. The fourth-order valence-corrected chi connectivity index (χ4v) is 2.65. The molecule has 2 heterocycles. The van der Waals surface area contributed by atoms with Gasteiger partial charge in [-0.1, -0.05) is 0 Å². The topological polar surface area (TPSA) is 64.9 Å². The largest absolute Gasteiger partial charge is 0.481 e. The summed E-state index contributed by atoms with van der Waals surface area (Å²) in [5.74, 6) is 2.87. The Morgan fingerprint density at radius 2 is 2.09 bits per heavy atom. The number of aromatic nitrogens is 4. The molecular formula is C16H17N5O. The molecular weight excluding hydrogens is 278 g/mol. The molecule has 0 saturated heterocycles. The summed E-state index contributed by atoms with van der Waals surface area (Å²) in [5.41, 5.74) is 3.07. The summed E-state index contributed by atoms with van der Waals surface area (Å²) in [5, 5.41) is 3.19. The fraction of sp³-hybridized carbons (Fsp3) is 0.312.